The fraction of sp³-hybridized carbons (Fsp3) is 0.273. The molecule has 0 amide bonds. The maximum absolute atomic E-state index is 10.9. The maximum Gasteiger partial charge on any atom is 0.524 e. The molecule has 0 aliphatic rings. The van der Waals surface area contributed by atoms with Crippen molar-refractivity contribution in [1.82, 2.24) is 10.3 Å². The fourth-order valence-electron chi connectivity index (χ4n) is 1.86. The van der Waals surface area contributed by atoms with Crippen LogP contribution in [0.4, 0.5) is 0 Å². The molecule has 18 heavy (non-hydrogen) atoms. The second kappa shape index (κ2) is 5.12. The topological polar surface area (TPSA) is 94.6 Å². The van der Waals surface area contributed by atoms with Crippen molar-refractivity contribution >= 4 is 18.7 Å². The molecule has 4 N–H and O–H groups in total. The second-order valence-corrected chi connectivity index (χ2v) is 5.09. The number of H-pyrrole nitrogens is 1. The molecule has 0 aliphatic carbocycles. The zero-order valence-electron chi connectivity index (χ0n) is 9.88. The van der Waals surface area contributed by atoms with Crippen molar-refractivity contribution in [2.45, 2.75) is 6.42 Å². The van der Waals surface area contributed by atoms with Gasteiger partial charge in [0.05, 0.1) is 5.52 Å². The van der Waals surface area contributed by atoms with E-state index in [1.807, 2.05) is 19.3 Å². The summed E-state index contributed by atoms with van der Waals surface area (Å²) in [5.41, 5.74) is 1.68. The van der Waals surface area contributed by atoms with Crippen molar-refractivity contribution < 1.29 is 18.9 Å². The van der Waals surface area contributed by atoms with Crippen LogP contribution in [0.2, 0.25) is 0 Å². The van der Waals surface area contributed by atoms with Crippen LogP contribution in [0, 0.1) is 0 Å². The summed E-state index contributed by atoms with van der Waals surface area (Å²) in [6.07, 6.45) is 2.66. The summed E-state index contributed by atoms with van der Waals surface area (Å²) in [6, 6.07) is 5.13. The Labute approximate surface area is 104 Å². The van der Waals surface area contributed by atoms with Gasteiger partial charge in [0.2, 0.25) is 0 Å². The Kier molecular flexibility index (Phi) is 3.73. The molecular weight excluding hydrogens is 255 g/mol. The van der Waals surface area contributed by atoms with Gasteiger partial charge in [0.15, 0.2) is 5.75 Å². The SMILES string of the molecule is CNCCc1c[nH]c2c(OP(=O)(O)O)cccc12. The van der Waals surface area contributed by atoms with Crippen LogP contribution in [-0.4, -0.2) is 28.4 Å². The van der Waals surface area contributed by atoms with Gasteiger partial charge in [-0.1, -0.05) is 12.1 Å². The number of likely N-dealkylation sites (N-methyl/N-ethyl adjacent to an activating group) is 1. The summed E-state index contributed by atoms with van der Waals surface area (Å²) >= 11 is 0. The minimum absolute atomic E-state index is 0.163. The van der Waals surface area contributed by atoms with E-state index in [9.17, 15) is 4.57 Å². The average Bonchev–Trinajstić information content (AvgIpc) is 2.69. The number of phosphoric acid groups is 1. The van der Waals surface area contributed by atoms with Crippen molar-refractivity contribution in [3.8, 4) is 5.75 Å². The number of phosphoric ester groups is 1. The molecule has 0 saturated heterocycles. The van der Waals surface area contributed by atoms with Crippen LogP contribution >= 0.6 is 7.82 Å². The summed E-state index contributed by atoms with van der Waals surface area (Å²) in [5, 5.41) is 3.97. The second-order valence-electron chi connectivity index (χ2n) is 3.93. The molecule has 7 heteroatoms. The van der Waals surface area contributed by atoms with Gasteiger partial charge in [-0.3, -0.25) is 9.79 Å². The van der Waals surface area contributed by atoms with Crippen LogP contribution in [0.5, 0.6) is 5.75 Å². The number of aromatic amines is 1. The highest BCUT2D eigenvalue weighted by Crippen LogP contribution is 2.40. The molecule has 0 unspecified atom stereocenters. The summed E-state index contributed by atoms with van der Waals surface area (Å²) in [4.78, 5) is 20.7. The Morgan fingerprint density at radius 1 is 1.44 bits per heavy atom. The molecule has 6 nitrogen and oxygen atoms in total. The van der Waals surface area contributed by atoms with Crippen LogP contribution in [-0.2, 0) is 11.0 Å². The first-order valence-corrected chi connectivity index (χ1v) is 7.03. The molecule has 0 fully saturated rings. The molecule has 1 aromatic carbocycles. The number of rotatable bonds is 5. The van der Waals surface area contributed by atoms with E-state index in [4.69, 9.17) is 9.79 Å². The lowest BCUT2D eigenvalue weighted by atomic mass is 10.1. The van der Waals surface area contributed by atoms with E-state index in [0.717, 1.165) is 23.9 Å². The smallest absolute Gasteiger partial charge is 0.402 e. The Morgan fingerprint density at radius 3 is 2.89 bits per heavy atom. The Hall–Kier alpha value is -1.33. The van der Waals surface area contributed by atoms with E-state index in [1.54, 1.807) is 6.07 Å². The lowest BCUT2D eigenvalue weighted by molar-refractivity contribution is 0.284. The number of nitrogens with one attached hydrogen (secondary N) is 2. The molecule has 1 heterocycles. The first kappa shape index (κ1) is 13.1. The minimum atomic E-state index is -4.54. The highest BCUT2D eigenvalue weighted by atomic mass is 31.2. The summed E-state index contributed by atoms with van der Waals surface area (Å²) < 4.78 is 15.5. The zero-order valence-corrected chi connectivity index (χ0v) is 10.8. The van der Waals surface area contributed by atoms with Crippen molar-refractivity contribution in [1.29, 1.82) is 0 Å². The van der Waals surface area contributed by atoms with Gasteiger partial charge in [0.25, 0.3) is 0 Å². The standard InChI is InChI=1S/C11H15N2O4P/c1-12-6-5-8-7-13-11-9(8)3-2-4-10(11)17-18(14,15)16/h2-4,7,12-13H,5-6H2,1H3,(H2,14,15,16). The van der Waals surface area contributed by atoms with Crippen LogP contribution in [0.1, 0.15) is 5.56 Å². The van der Waals surface area contributed by atoms with Gasteiger partial charge in [-0.05, 0) is 31.6 Å². The molecule has 2 rings (SSSR count). The van der Waals surface area contributed by atoms with Crippen molar-refractivity contribution in [3.63, 3.8) is 0 Å². The lowest BCUT2D eigenvalue weighted by Gasteiger charge is -2.07. The number of para-hydroxylation sites is 1. The van der Waals surface area contributed by atoms with E-state index in [-0.39, 0.29) is 5.75 Å². The van der Waals surface area contributed by atoms with E-state index in [2.05, 4.69) is 14.8 Å². The average molecular weight is 270 g/mol. The Morgan fingerprint density at radius 2 is 2.22 bits per heavy atom. The van der Waals surface area contributed by atoms with Gasteiger partial charge in [-0.2, -0.15) is 0 Å². The predicted molar refractivity (Wildman–Crippen MR) is 68.6 cm³/mol. The normalized spacial score (nSPS) is 11.9. The van der Waals surface area contributed by atoms with Crippen molar-refractivity contribution in [2.75, 3.05) is 13.6 Å². The number of benzene rings is 1. The molecule has 0 atom stereocenters. The molecule has 0 spiro atoms. The molecule has 2 aromatic rings. The summed E-state index contributed by atoms with van der Waals surface area (Å²) in [7, 11) is -2.66. The third-order valence-corrected chi connectivity index (χ3v) is 3.06. The van der Waals surface area contributed by atoms with Gasteiger partial charge in [-0.15, -0.1) is 0 Å². The molecule has 98 valence electrons. The van der Waals surface area contributed by atoms with E-state index < -0.39 is 7.82 Å². The molecule has 0 radical (unpaired) electrons. The van der Waals surface area contributed by atoms with E-state index >= 15 is 0 Å². The van der Waals surface area contributed by atoms with Gasteiger partial charge >= 0.3 is 7.82 Å². The highest BCUT2D eigenvalue weighted by molar-refractivity contribution is 7.46. The number of hydrogen-bond acceptors (Lipinski definition) is 3. The first-order valence-electron chi connectivity index (χ1n) is 5.50. The lowest BCUT2D eigenvalue weighted by Crippen LogP contribution is -2.09. The fourth-order valence-corrected chi connectivity index (χ4v) is 2.26. The van der Waals surface area contributed by atoms with Crippen LogP contribution in [0.3, 0.4) is 0 Å². The van der Waals surface area contributed by atoms with Gasteiger partial charge < -0.3 is 14.8 Å². The monoisotopic (exact) mass is 270 g/mol. The Bertz CT molecular complexity index is 590. The molecule has 1 aromatic heterocycles. The maximum atomic E-state index is 10.9. The van der Waals surface area contributed by atoms with Crippen LogP contribution < -0.4 is 9.84 Å². The molecular formula is C11H15N2O4P. The first-order chi connectivity index (χ1) is 8.51. The zero-order chi connectivity index (χ0) is 13.2. The molecule has 0 bridgehead atoms. The van der Waals surface area contributed by atoms with E-state index in [0.29, 0.717) is 5.52 Å². The van der Waals surface area contributed by atoms with Gasteiger partial charge in [-0.25, -0.2) is 4.57 Å². The Balaban J connectivity index is 2.39. The number of aromatic nitrogens is 1. The third kappa shape index (κ3) is 2.91. The quantitative estimate of drug-likeness (QED) is 0.616. The number of fused-ring (bicyclic) bond motifs is 1. The largest absolute Gasteiger partial charge is 0.524 e. The highest BCUT2D eigenvalue weighted by Gasteiger charge is 2.18. The van der Waals surface area contributed by atoms with E-state index in [1.165, 1.54) is 6.07 Å². The molecule has 0 aliphatic heterocycles. The summed E-state index contributed by atoms with van der Waals surface area (Å²) in [5.74, 6) is 0.163. The van der Waals surface area contributed by atoms with Crippen molar-refractivity contribution in [3.05, 3.63) is 30.0 Å². The van der Waals surface area contributed by atoms with Gasteiger partial charge in [0, 0.05) is 11.6 Å². The van der Waals surface area contributed by atoms with Crippen LogP contribution in [0.25, 0.3) is 10.9 Å². The van der Waals surface area contributed by atoms with Crippen molar-refractivity contribution in [2.24, 2.45) is 0 Å². The molecule has 0 saturated carbocycles. The predicted octanol–water partition coefficient (Wildman–Crippen LogP) is 1.40. The van der Waals surface area contributed by atoms with Crippen LogP contribution in [0.15, 0.2) is 24.4 Å². The van der Waals surface area contributed by atoms with Gasteiger partial charge in [0.1, 0.15) is 0 Å². The number of hydrogen-bond donors (Lipinski definition) is 4. The summed E-state index contributed by atoms with van der Waals surface area (Å²) in [6.45, 7) is 0.830. The minimum Gasteiger partial charge on any atom is -0.402 e. The third-order valence-electron chi connectivity index (χ3n) is 2.62.